The molecule has 0 saturated heterocycles. The first kappa shape index (κ1) is 18.9. The Morgan fingerprint density at radius 1 is 1.43 bits per heavy atom. The molecule has 0 saturated carbocycles. The molecular weight excluding hydrogens is 404 g/mol. The van der Waals surface area contributed by atoms with Gasteiger partial charge in [-0.25, -0.2) is 0 Å². The SMILES string of the molecule is CCC(=O)N1CC(C)(CP(=O)(OC)OC)c2c(Cl)ccc(Br)c21. The van der Waals surface area contributed by atoms with Gasteiger partial charge in [-0.2, -0.15) is 0 Å². The van der Waals surface area contributed by atoms with Crippen molar-refractivity contribution < 1.29 is 18.4 Å². The van der Waals surface area contributed by atoms with E-state index in [1.165, 1.54) is 14.2 Å². The Kier molecular flexibility index (Phi) is 5.64. The molecule has 1 atom stereocenters. The van der Waals surface area contributed by atoms with Gasteiger partial charge in [0.15, 0.2) is 0 Å². The minimum atomic E-state index is -3.26. The number of rotatable bonds is 5. The van der Waals surface area contributed by atoms with Crippen molar-refractivity contribution in [3.8, 4) is 0 Å². The van der Waals surface area contributed by atoms with Crippen molar-refractivity contribution in [2.24, 2.45) is 0 Å². The van der Waals surface area contributed by atoms with E-state index in [2.05, 4.69) is 15.9 Å². The number of carbonyl (C=O) groups is 1. The topological polar surface area (TPSA) is 55.8 Å². The van der Waals surface area contributed by atoms with Gasteiger partial charge in [-0.05, 0) is 28.1 Å². The van der Waals surface area contributed by atoms with E-state index in [0.717, 1.165) is 15.7 Å². The highest BCUT2D eigenvalue weighted by atomic mass is 79.9. The summed E-state index contributed by atoms with van der Waals surface area (Å²) in [6, 6.07) is 3.59. The quantitative estimate of drug-likeness (QED) is 0.648. The molecule has 2 rings (SSSR count). The molecule has 23 heavy (non-hydrogen) atoms. The maximum Gasteiger partial charge on any atom is 0.331 e. The molecule has 1 aromatic carbocycles. The molecule has 5 nitrogen and oxygen atoms in total. The van der Waals surface area contributed by atoms with E-state index in [1.54, 1.807) is 11.0 Å². The maximum atomic E-state index is 12.7. The molecule has 1 heterocycles. The first-order valence-corrected chi connectivity index (χ1v) is 10.1. The summed E-state index contributed by atoms with van der Waals surface area (Å²) in [6.45, 7) is 4.12. The Morgan fingerprint density at radius 3 is 2.57 bits per heavy atom. The van der Waals surface area contributed by atoms with Crippen molar-refractivity contribution in [2.45, 2.75) is 25.7 Å². The van der Waals surface area contributed by atoms with E-state index in [-0.39, 0.29) is 12.1 Å². The van der Waals surface area contributed by atoms with Gasteiger partial charge in [-0.3, -0.25) is 9.36 Å². The highest BCUT2D eigenvalue weighted by Gasteiger charge is 2.48. The zero-order valence-corrected chi connectivity index (χ0v) is 16.8. The summed E-state index contributed by atoms with van der Waals surface area (Å²) in [5, 5.41) is 0.538. The Balaban J connectivity index is 2.60. The molecule has 1 amide bonds. The number of fused-ring (bicyclic) bond motifs is 1. The van der Waals surface area contributed by atoms with Gasteiger partial charge in [0, 0.05) is 47.7 Å². The van der Waals surface area contributed by atoms with Gasteiger partial charge >= 0.3 is 7.60 Å². The van der Waals surface area contributed by atoms with E-state index in [0.29, 0.717) is 18.0 Å². The van der Waals surface area contributed by atoms with Crippen LogP contribution in [0.15, 0.2) is 16.6 Å². The van der Waals surface area contributed by atoms with Gasteiger partial charge in [-0.15, -0.1) is 0 Å². The monoisotopic (exact) mass is 423 g/mol. The van der Waals surface area contributed by atoms with Crippen LogP contribution in [0.25, 0.3) is 0 Å². The third-order valence-corrected chi connectivity index (χ3v) is 7.31. The molecule has 0 spiro atoms. The van der Waals surface area contributed by atoms with Gasteiger partial charge in [0.2, 0.25) is 5.91 Å². The molecule has 0 bridgehead atoms. The second-order valence-electron chi connectivity index (χ2n) is 5.78. The van der Waals surface area contributed by atoms with Crippen LogP contribution in [0.2, 0.25) is 5.02 Å². The molecule has 0 N–H and O–H groups in total. The van der Waals surface area contributed by atoms with Crippen molar-refractivity contribution >= 4 is 46.7 Å². The molecule has 0 aromatic heterocycles. The lowest BCUT2D eigenvalue weighted by Crippen LogP contribution is -2.37. The van der Waals surface area contributed by atoms with E-state index < -0.39 is 13.0 Å². The van der Waals surface area contributed by atoms with Crippen LogP contribution >= 0.6 is 35.1 Å². The van der Waals surface area contributed by atoms with Crippen LogP contribution in [0.3, 0.4) is 0 Å². The fourth-order valence-electron chi connectivity index (χ4n) is 3.05. The summed E-state index contributed by atoms with van der Waals surface area (Å²) < 4.78 is 23.6. The van der Waals surface area contributed by atoms with Crippen LogP contribution in [0.1, 0.15) is 25.8 Å². The Hall–Kier alpha value is -0.390. The van der Waals surface area contributed by atoms with Crippen molar-refractivity contribution in [3.05, 3.63) is 27.2 Å². The normalized spacial score (nSPS) is 20.7. The molecule has 0 radical (unpaired) electrons. The van der Waals surface area contributed by atoms with Gasteiger partial charge < -0.3 is 13.9 Å². The number of amides is 1. The zero-order valence-electron chi connectivity index (χ0n) is 13.6. The van der Waals surface area contributed by atoms with Crippen molar-refractivity contribution in [1.82, 2.24) is 0 Å². The fraction of sp³-hybridized carbons (Fsp3) is 0.533. The number of nitrogens with zero attached hydrogens (tertiary/aromatic N) is 1. The van der Waals surface area contributed by atoms with E-state index in [4.69, 9.17) is 20.6 Å². The second-order valence-corrected chi connectivity index (χ2v) is 9.31. The largest absolute Gasteiger partial charge is 0.331 e. The lowest BCUT2D eigenvalue weighted by Gasteiger charge is -2.29. The van der Waals surface area contributed by atoms with Gasteiger partial charge in [-0.1, -0.05) is 25.4 Å². The molecule has 1 aliphatic rings. The molecule has 1 unspecified atom stereocenters. The molecule has 8 heteroatoms. The highest BCUT2D eigenvalue weighted by Crippen LogP contribution is 2.57. The van der Waals surface area contributed by atoms with Crippen molar-refractivity contribution in [2.75, 3.05) is 31.8 Å². The summed E-state index contributed by atoms with van der Waals surface area (Å²) in [5.74, 6) is -0.0115. The molecule has 1 aromatic rings. The number of halogens is 2. The summed E-state index contributed by atoms with van der Waals surface area (Å²) in [7, 11) is -0.539. The van der Waals surface area contributed by atoms with Crippen molar-refractivity contribution in [1.29, 1.82) is 0 Å². The molecule has 0 aliphatic carbocycles. The number of hydrogen-bond donors (Lipinski definition) is 0. The number of hydrogen-bond acceptors (Lipinski definition) is 4. The van der Waals surface area contributed by atoms with E-state index in [1.807, 2.05) is 19.9 Å². The first-order valence-electron chi connectivity index (χ1n) is 7.20. The standard InChI is InChI=1S/C15H20BrClNO4P/c1-5-12(19)18-8-15(2,9-23(20,21-3)22-4)13-11(17)7-6-10(16)14(13)18/h6-7H,5,8-9H2,1-4H3. The van der Waals surface area contributed by atoms with Crippen LogP contribution in [-0.4, -0.2) is 32.8 Å². The van der Waals surface area contributed by atoms with Crippen LogP contribution in [-0.2, 0) is 23.8 Å². The molecular formula is C15H20BrClNO4P. The van der Waals surface area contributed by atoms with Crippen LogP contribution < -0.4 is 4.90 Å². The number of benzene rings is 1. The molecule has 128 valence electrons. The average molecular weight is 425 g/mol. The van der Waals surface area contributed by atoms with Crippen LogP contribution in [0.4, 0.5) is 5.69 Å². The van der Waals surface area contributed by atoms with Gasteiger partial charge in [0.1, 0.15) is 0 Å². The Bertz CT molecular complexity index is 676. The predicted octanol–water partition coefficient (Wildman–Crippen LogP) is 4.60. The minimum absolute atomic E-state index is 0.0115. The highest BCUT2D eigenvalue weighted by molar-refractivity contribution is 9.10. The van der Waals surface area contributed by atoms with Gasteiger partial charge in [0.05, 0.1) is 11.8 Å². The molecule has 1 aliphatic heterocycles. The lowest BCUT2D eigenvalue weighted by molar-refractivity contribution is -0.118. The minimum Gasteiger partial charge on any atom is -0.312 e. The summed E-state index contributed by atoms with van der Waals surface area (Å²) in [5.41, 5.74) is 0.915. The third kappa shape index (κ3) is 3.38. The third-order valence-electron chi connectivity index (χ3n) is 4.16. The average Bonchev–Trinajstić information content (AvgIpc) is 2.84. The Morgan fingerprint density at radius 2 is 2.04 bits per heavy atom. The summed E-state index contributed by atoms with van der Waals surface area (Å²) in [4.78, 5) is 14.1. The maximum absolute atomic E-state index is 12.7. The summed E-state index contributed by atoms with van der Waals surface area (Å²) >= 11 is 9.93. The zero-order chi connectivity index (χ0) is 17.4. The predicted molar refractivity (Wildman–Crippen MR) is 95.6 cm³/mol. The van der Waals surface area contributed by atoms with E-state index in [9.17, 15) is 9.36 Å². The van der Waals surface area contributed by atoms with Crippen LogP contribution in [0.5, 0.6) is 0 Å². The Labute approximate surface area is 149 Å². The van der Waals surface area contributed by atoms with Gasteiger partial charge in [0.25, 0.3) is 0 Å². The van der Waals surface area contributed by atoms with Crippen molar-refractivity contribution in [3.63, 3.8) is 0 Å². The van der Waals surface area contributed by atoms with Crippen LogP contribution in [0, 0.1) is 0 Å². The summed E-state index contributed by atoms with van der Waals surface area (Å²) in [6.07, 6.45) is 0.518. The van der Waals surface area contributed by atoms with E-state index >= 15 is 0 Å². The first-order chi connectivity index (χ1) is 10.7. The fourth-order valence-corrected chi connectivity index (χ4v) is 5.50. The number of carbonyl (C=O) groups excluding carboxylic acids is 1. The number of anilines is 1. The smallest absolute Gasteiger partial charge is 0.312 e. The molecule has 0 fully saturated rings. The second kappa shape index (κ2) is 6.85. The lowest BCUT2D eigenvalue weighted by atomic mass is 9.86.